The lowest BCUT2D eigenvalue weighted by molar-refractivity contribution is -0.113. The highest BCUT2D eigenvalue weighted by Crippen LogP contribution is 2.29. The fraction of sp³-hybridized carbons (Fsp3) is 0.176. The van der Waals surface area contributed by atoms with E-state index in [9.17, 15) is 4.79 Å². The van der Waals surface area contributed by atoms with Crippen molar-refractivity contribution in [3.63, 3.8) is 0 Å². The van der Waals surface area contributed by atoms with Crippen molar-refractivity contribution in [3.8, 4) is 5.75 Å². The maximum atomic E-state index is 12.1. The summed E-state index contributed by atoms with van der Waals surface area (Å²) in [7, 11) is 3.55. The molecule has 23 heavy (non-hydrogen) atoms. The predicted octanol–water partition coefficient (Wildman–Crippen LogP) is 3.76. The summed E-state index contributed by atoms with van der Waals surface area (Å²) in [6, 6.07) is 7.86. The molecule has 2 aromatic heterocycles. The molecule has 1 amide bonds. The van der Waals surface area contributed by atoms with Gasteiger partial charge in [-0.05, 0) is 36.1 Å². The third-order valence-corrected chi connectivity index (χ3v) is 5.57. The fourth-order valence-corrected chi connectivity index (χ4v) is 4.02. The monoisotopic (exact) mass is 344 g/mol. The highest BCUT2D eigenvalue weighted by atomic mass is 32.1. The van der Waals surface area contributed by atoms with Crippen LogP contribution in [-0.4, -0.2) is 17.6 Å². The molecule has 0 saturated heterocycles. The third kappa shape index (κ3) is 3.13. The van der Waals surface area contributed by atoms with Crippen molar-refractivity contribution in [2.75, 3.05) is 7.11 Å². The molecule has 4 nitrogen and oxygen atoms in total. The largest absolute Gasteiger partial charge is 0.495 e. The second kappa shape index (κ2) is 6.52. The molecule has 3 aromatic rings. The van der Waals surface area contributed by atoms with Gasteiger partial charge in [-0.2, -0.15) is 4.99 Å². The Morgan fingerprint density at radius 3 is 2.87 bits per heavy atom. The van der Waals surface area contributed by atoms with Crippen LogP contribution in [0.4, 0.5) is 0 Å². The molecule has 118 valence electrons. The maximum absolute atomic E-state index is 12.1. The van der Waals surface area contributed by atoms with Crippen molar-refractivity contribution in [2.45, 2.75) is 6.92 Å². The average molecular weight is 344 g/mol. The van der Waals surface area contributed by atoms with Crippen LogP contribution in [-0.2, 0) is 11.8 Å². The van der Waals surface area contributed by atoms with Gasteiger partial charge < -0.3 is 9.30 Å². The lowest BCUT2D eigenvalue weighted by Crippen LogP contribution is -2.12. The first-order valence-corrected chi connectivity index (χ1v) is 8.73. The normalized spacial score (nSPS) is 12.4. The van der Waals surface area contributed by atoms with E-state index < -0.39 is 0 Å². The summed E-state index contributed by atoms with van der Waals surface area (Å²) >= 11 is 3.08. The summed E-state index contributed by atoms with van der Waals surface area (Å²) in [6.45, 7) is 2.04. The number of carbonyl (C=O) groups is 1. The Morgan fingerprint density at radius 2 is 2.17 bits per heavy atom. The van der Waals surface area contributed by atoms with E-state index in [-0.39, 0.29) is 5.91 Å². The van der Waals surface area contributed by atoms with E-state index in [2.05, 4.69) is 4.99 Å². The van der Waals surface area contributed by atoms with Gasteiger partial charge in [0.1, 0.15) is 11.3 Å². The molecule has 0 unspecified atom stereocenters. The molecule has 3 rings (SSSR count). The number of carbonyl (C=O) groups excluding carboxylic acids is 1. The first kappa shape index (κ1) is 15.7. The van der Waals surface area contributed by atoms with Crippen LogP contribution in [0.1, 0.15) is 10.4 Å². The quantitative estimate of drug-likeness (QED) is 0.679. The minimum absolute atomic E-state index is 0.267. The molecule has 0 N–H and O–H groups in total. The summed E-state index contributed by atoms with van der Waals surface area (Å²) in [4.78, 5) is 18.0. The molecule has 1 aromatic carbocycles. The Kier molecular flexibility index (Phi) is 4.45. The minimum Gasteiger partial charge on any atom is -0.495 e. The lowest BCUT2D eigenvalue weighted by atomic mass is 10.2. The molecule has 6 heteroatoms. The van der Waals surface area contributed by atoms with Crippen LogP contribution < -0.4 is 9.54 Å². The maximum Gasteiger partial charge on any atom is 0.272 e. The van der Waals surface area contributed by atoms with E-state index in [0.29, 0.717) is 4.80 Å². The topological polar surface area (TPSA) is 43.6 Å². The van der Waals surface area contributed by atoms with Crippen molar-refractivity contribution >= 4 is 44.9 Å². The standard InChI is InChI=1S/C17H16N2O2S2/c1-11-6-8-13(21-3)15-16(11)23-17(19(15)2)18-14(20)9-7-12-5-4-10-22-12/h4-10H,1-3H3/b9-7+,18-17?. The number of nitrogens with zero attached hydrogens (tertiary/aromatic N) is 2. The van der Waals surface area contributed by atoms with Gasteiger partial charge in [-0.25, -0.2) is 0 Å². The molecule has 0 spiro atoms. The van der Waals surface area contributed by atoms with E-state index in [4.69, 9.17) is 4.74 Å². The number of ether oxygens (including phenoxy) is 1. The van der Waals surface area contributed by atoms with Crippen molar-refractivity contribution < 1.29 is 9.53 Å². The number of aromatic nitrogens is 1. The van der Waals surface area contributed by atoms with Gasteiger partial charge in [-0.15, -0.1) is 11.3 Å². The Bertz CT molecular complexity index is 947. The van der Waals surface area contributed by atoms with Crippen LogP contribution in [0.2, 0.25) is 0 Å². The molecular formula is C17H16N2O2S2. The van der Waals surface area contributed by atoms with E-state index in [1.165, 1.54) is 17.4 Å². The van der Waals surface area contributed by atoms with Crippen molar-refractivity contribution in [1.82, 2.24) is 4.57 Å². The van der Waals surface area contributed by atoms with E-state index in [1.807, 2.05) is 48.2 Å². The first-order valence-electron chi connectivity index (χ1n) is 7.03. The zero-order valence-electron chi connectivity index (χ0n) is 13.1. The molecule has 0 bridgehead atoms. The number of rotatable bonds is 3. The van der Waals surface area contributed by atoms with E-state index >= 15 is 0 Å². The van der Waals surface area contributed by atoms with Gasteiger partial charge >= 0.3 is 0 Å². The molecule has 0 atom stereocenters. The van der Waals surface area contributed by atoms with E-state index in [0.717, 1.165) is 26.4 Å². The second-order valence-electron chi connectivity index (χ2n) is 5.00. The number of thiazole rings is 1. The Labute approximate surface area is 142 Å². The number of fused-ring (bicyclic) bond motifs is 1. The van der Waals surface area contributed by atoms with Crippen molar-refractivity contribution in [2.24, 2.45) is 12.0 Å². The lowest BCUT2D eigenvalue weighted by Gasteiger charge is -2.05. The van der Waals surface area contributed by atoms with Gasteiger partial charge in [0.25, 0.3) is 5.91 Å². The van der Waals surface area contributed by atoms with Crippen LogP contribution in [0, 0.1) is 6.92 Å². The van der Waals surface area contributed by atoms with Gasteiger partial charge in [0.15, 0.2) is 4.80 Å². The number of benzene rings is 1. The molecule has 0 aliphatic heterocycles. The molecule has 0 aliphatic carbocycles. The van der Waals surface area contributed by atoms with Gasteiger partial charge in [-0.3, -0.25) is 4.79 Å². The van der Waals surface area contributed by atoms with Gasteiger partial charge in [0.2, 0.25) is 0 Å². The Balaban J connectivity index is 2.04. The molecular weight excluding hydrogens is 328 g/mol. The summed E-state index contributed by atoms with van der Waals surface area (Å²) < 4.78 is 8.41. The number of amides is 1. The van der Waals surface area contributed by atoms with Crippen LogP contribution in [0.15, 0.2) is 40.7 Å². The van der Waals surface area contributed by atoms with Crippen molar-refractivity contribution in [1.29, 1.82) is 0 Å². The molecule has 0 fully saturated rings. The SMILES string of the molecule is COc1ccc(C)c2sc(=NC(=O)/C=C/c3cccs3)n(C)c12. The zero-order valence-corrected chi connectivity index (χ0v) is 14.7. The van der Waals surface area contributed by atoms with Gasteiger partial charge in [0, 0.05) is 18.0 Å². The number of aryl methyl sites for hydroxylation is 2. The Hall–Kier alpha value is -2.18. The van der Waals surface area contributed by atoms with Crippen LogP contribution in [0.25, 0.3) is 16.3 Å². The predicted molar refractivity (Wildman–Crippen MR) is 96.0 cm³/mol. The fourth-order valence-electron chi connectivity index (χ4n) is 2.29. The Morgan fingerprint density at radius 1 is 1.35 bits per heavy atom. The minimum atomic E-state index is -0.267. The molecule has 0 saturated carbocycles. The highest BCUT2D eigenvalue weighted by molar-refractivity contribution is 7.16. The van der Waals surface area contributed by atoms with Crippen molar-refractivity contribution in [3.05, 3.63) is 51.0 Å². The van der Waals surface area contributed by atoms with E-state index in [1.54, 1.807) is 24.5 Å². The molecule has 0 radical (unpaired) electrons. The second-order valence-corrected chi connectivity index (χ2v) is 6.96. The first-order chi connectivity index (χ1) is 11.1. The summed E-state index contributed by atoms with van der Waals surface area (Å²) in [5.41, 5.74) is 2.11. The number of methoxy groups -OCH3 is 1. The summed E-state index contributed by atoms with van der Waals surface area (Å²) in [5, 5.41) is 1.97. The highest BCUT2D eigenvalue weighted by Gasteiger charge is 2.11. The third-order valence-electron chi connectivity index (χ3n) is 3.47. The van der Waals surface area contributed by atoms with Crippen LogP contribution in [0.3, 0.4) is 0 Å². The van der Waals surface area contributed by atoms with Gasteiger partial charge in [-0.1, -0.05) is 23.5 Å². The van der Waals surface area contributed by atoms with Crippen LogP contribution in [0.5, 0.6) is 5.75 Å². The average Bonchev–Trinajstić information content (AvgIpc) is 3.16. The molecule has 0 aliphatic rings. The van der Waals surface area contributed by atoms with Crippen LogP contribution >= 0.6 is 22.7 Å². The number of hydrogen-bond acceptors (Lipinski definition) is 4. The number of thiophene rings is 1. The zero-order chi connectivity index (χ0) is 16.4. The summed E-state index contributed by atoms with van der Waals surface area (Å²) in [6.07, 6.45) is 3.29. The summed E-state index contributed by atoms with van der Waals surface area (Å²) in [5.74, 6) is 0.518. The van der Waals surface area contributed by atoms with Gasteiger partial charge in [0.05, 0.1) is 11.8 Å². The smallest absolute Gasteiger partial charge is 0.272 e. The molecule has 2 heterocycles. The number of hydrogen-bond donors (Lipinski definition) is 0.